The molecular weight excluding hydrogens is 382 g/mol. The predicted molar refractivity (Wildman–Crippen MR) is 91.6 cm³/mol. The largest absolute Gasteiger partial charge is 0.475 e. The first-order valence-corrected chi connectivity index (χ1v) is 8.79. The lowest BCUT2D eigenvalue weighted by atomic mass is 10.3. The van der Waals surface area contributed by atoms with Crippen molar-refractivity contribution in [1.82, 2.24) is 5.32 Å². The van der Waals surface area contributed by atoms with Crippen LogP contribution in [0.5, 0.6) is 0 Å². The number of rotatable bonds is 8. The van der Waals surface area contributed by atoms with Gasteiger partial charge in [0.15, 0.2) is 0 Å². The highest BCUT2D eigenvalue weighted by molar-refractivity contribution is 9.10. The molecule has 5 nitrogen and oxygen atoms in total. The smallest absolute Gasteiger partial charge is 0.371 e. The van der Waals surface area contributed by atoms with Crippen LogP contribution in [-0.2, 0) is 11.3 Å². The summed E-state index contributed by atoms with van der Waals surface area (Å²) in [7, 11) is 0. The minimum absolute atomic E-state index is 0.0744. The zero-order valence-corrected chi connectivity index (χ0v) is 14.7. The van der Waals surface area contributed by atoms with Gasteiger partial charge in [0, 0.05) is 15.8 Å². The van der Waals surface area contributed by atoms with E-state index in [-0.39, 0.29) is 18.2 Å². The molecule has 0 atom stereocenters. The van der Waals surface area contributed by atoms with Gasteiger partial charge in [-0.05, 0) is 48.6 Å². The third kappa shape index (κ3) is 6.11. The molecule has 1 amide bonds. The molecule has 0 unspecified atom stereocenters. The number of furan rings is 1. The molecule has 1 heterocycles. The number of benzene rings is 1. The zero-order chi connectivity index (χ0) is 16.7. The Morgan fingerprint density at radius 1 is 1.17 bits per heavy atom. The molecule has 0 aliphatic carbocycles. The van der Waals surface area contributed by atoms with Gasteiger partial charge in [0.05, 0.1) is 6.54 Å². The van der Waals surface area contributed by atoms with Gasteiger partial charge in [-0.25, -0.2) is 4.79 Å². The number of nitrogens with one attached hydrogen (secondary N) is 1. The van der Waals surface area contributed by atoms with E-state index in [2.05, 4.69) is 21.2 Å². The first-order valence-electron chi connectivity index (χ1n) is 7.01. The summed E-state index contributed by atoms with van der Waals surface area (Å²) in [6.07, 6.45) is 1.20. The maximum Gasteiger partial charge on any atom is 0.371 e. The Morgan fingerprint density at radius 2 is 1.91 bits per heavy atom. The zero-order valence-electron chi connectivity index (χ0n) is 12.3. The van der Waals surface area contributed by atoms with Crippen LogP contribution in [0.15, 0.2) is 50.2 Å². The lowest BCUT2D eigenvalue weighted by Gasteiger charge is -2.04. The van der Waals surface area contributed by atoms with E-state index >= 15 is 0 Å². The molecule has 0 bridgehead atoms. The number of halogens is 1. The van der Waals surface area contributed by atoms with Crippen molar-refractivity contribution in [3.63, 3.8) is 0 Å². The number of carboxylic acids is 1. The van der Waals surface area contributed by atoms with Crippen molar-refractivity contribution in [2.75, 3.05) is 5.75 Å². The Morgan fingerprint density at radius 3 is 2.57 bits per heavy atom. The summed E-state index contributed by atoms with van der Waals surface area (Å²) in [6, 6.07) is 11.0. The van der Waals surface area contributed by atoms with Crippen LogP contribution in [-0.4, -0.2) is 22.7 Å². The molecule has 0 aliphatic heterocycles. The fourth-order valence-corrected chi connectivity index (χ4v) is 2.93. The lowest BCUT2D eigenvalue weighted by molar-refractivity contribution is -0.121. The van der Waals surface area contributed by atoms with Crippen molar-refractivity contribution in [1.29, 1.82) is 0 Å². The van der Waals surface area contributed by atoms with E-state index in [0.29, 0.717) is 12.2 Å². The second-order valence-corrected chi connectivity index (χ2v) is 6.84. The molecule has 0 saturated carbocycles. The van der Waals surface area contributed by atoms with Crippen molar-refractivity contribution in [3.05, 3.63) is 52.4 Å². The van der Waals surface area contributed by atoms with E-state index in [1.807, 2.05) is 24.3 Å². The summed E-state index contributed by atoms with van der Waals surface area (Å²) in [4.78, 5) is 23.6. The number of carbonyl (C=O) groups excluding carboxylic acids is 1. The van der Waals surface area contributed by atoms with Crippen molar-refractivity contribution in [2.24, 2.45) is 0 Å². The van der Waals surface area contributed by atoms with E-state index in [1.165, 1.54) is 11.0 Å². The summed E-state index contributed by atoms with van der Waals surface area (Å²) in [5.41, 5.74) is 0. The molecule has 0 fully saturated rings. The van der Waals surface area contributed by atoms with Crippen LogP contribution in [0.25, 0.3) is 0 Å². The molecule has 0 radical (unpaired) electrons. The third-order valence-corrected chi connectivity index (χ3v) is 4.59. The molecule has 0 aliphatic rings. The van der Waals surface area contributed by atoms with Gasteiger partial charge in [0.2, 0.25) is 11.7 Å². The van der Waals surface area contributed by atoms with Crippen molar-refractivity contribution in [2.45, 2.75) is 24.3 Å². The Balaban J connectivity index is 1.63. The maximum atomic E-state index is 11.7. The molecular formula is C16H16BrNO4S. The van der Waals surface area contributed by atoms with E-state index in [4.69, 9.17) is 9.52 Å². The number of hydrogen-bond acceptors (Lipinski definition) is 4. The molecule has 7 heteroatoms. The highest BCUT2D eigenvalue weighted by Crippen LogP contribution is 2.21. The first-order chi connectivity index (χ1) is 11.0. The van der Waals surface area contributed by atoms with Crippen molar-refractivity contribution >= 4 is 39.6 Å². The van der Waals surface area contributed by atoms with Gasteiger partial charge in [-0.15, -0.1) is 11.8 Å². The van der Waals surface area contributed by atoms with Gasteiger partial charge < -0.3 is 14.8 Å². The second kappa shape index (κ2) is 8.79. The average molecular weight is 398 g/mol. The first kappa shape index (κ1) is 17.6. The molecule has 2 N–H and O–H groups in total. The molecule has 122 valence electrons. The standard InChI is InChI=1S/C16H16BrNO4S/c17-11-3-6-13(7-4-11)23-9-1-2-15(19)18-10-12-5-8-14(22-12)16(20)21/h3-8H,1-2,9-10H2,(H,18,19)(H,20,21). The van der Waals surface area contributed by atoms with Crippen LogP contribution in [0.1, 0.15) is 29.2 Å². The molecule has 0 saturated heterocycles. The summed E-state index contributed by atoms with van der Waals surface area (Å²) >= 11 is 5.10. The SMILES string of the molecule is O=C(CCCSc1ccc(Br)cc1)NCc1ccc(C(=O)O)o1. The van der Waals surface area contributed by atoms with Gasteiger partial charge in [-0.3, -0.25) is 4.79 Å². The molecule has 1 aromatic heterocycles. The Bertz CT molecular complexity index is 669. The lowest BCUT2D eigenvalue weighted by Crippen LogP contribution is -2.22. The van der Waals surface area contributed by atoms with E-state index in [1.54, 1.807) is 17.8 Å². The maximum absolute atomic E-state index is 11.7. The molecule has 0 spiro atoms. The average Bonchev–Trinajstić information content (AvgIpc) is 3.00. The monoisotopic (exact) mass is 397 g/mol. The Hall–Kier alpha value is -1.73. The molecule has 2 aromatic rings. The number of thioether (sulfide) groups is 1. The van der Waals surface area contributed by atoms with Crippen molar-refractivity contribution in [3.8, 4) is 0 Å². The summed E-state index contributed by atoms with van der Waals surface area (Å²) in [6.45, 7) is 0.200. The summed E-state index contributed by atoms with van der Waals surface area (Å²) < 4.78 is 6.11. The van der Waals surface area contributed by atoms with Crippen LogP contribution in [0.3, 0.4) is 0 Å². The van der Waals surface area contributed by atoms with Crippen LogP contribution in [0.2, 0.25) is 0 Å². The number of carbonyl (C=O) groups is 2. The minimum atomic E-state index is -1.12. The highest BCUT2D eigenvalue weighted by Gasteiger charge is 2.09. The summed E-state index contributed by atoms with van der Waals surface area (Å²) in [5.74, 6) is -0.0266. The number of amides is 1. The topological polar surface area (TPSA) is 79.5 Å². The fraction of sp³-hybridized carbons (Fsp3) is 0.250. The second-order valence-electron chi connectivity index (χ2n) is 4.75. The van der Waals surface area contributed by atoms with E-state index in [0.717, 1.165) is 16.6 Å². The van der Waals surface area contributed by atoms with Gasteiger partial charge in [-0.2, -0.15) is 0 Å². The molecule has 23 heavy (non-hydrogen) atoms. The van der Waals surface area contributed by atoms with Crippen LogP contribution < -0.4 is 5.32 Å². The summed E-state index contributed by atoms with van der Waals surface area (Å²) in [5, 5.41) is 11.5. The molecule has 2 rings (SSSR count). The van der Waals surface area contributed by atoms with Gasteiger partial charge in [0.1, 0.15) is 5.76 Å². The fourth-order valence-electron chi connectivity index (χ4n) is 1.82. The van der Waals surface area contributed by atoms with Crippen LogP contribution in [0.4, 0.5) is 0 Å². The quantitative estimate of drug-likeness (QED) is 0.520. The third-order valence-electron chi connectivity index (χ3n) is 2.96. The number of carboxylic acid groups (broad SMARTS) is 1. The minimum Gasteiger partial charge on any atom is -0.475 e. The van der Waals surface area contributed by atoms with E-state index in [9.17, 15) is 9.59 Å². The van der Waals surface area contributed by atoms with Gasteiger partial charge in [-0.1, -0.05) is 15.9 Å². The number of aromatic carboxylic acids is 1. The van der Waals surface area contributed by atoms with E-state index < -0.39 is 5.97 Å². The molecule has 1 aromatic carbocycles. The Labute approximate surface area is 146 Å². The Kier molecular flexibility index (Phi) is 6.73. The highest BCUT2D eigenvalue weighted by atomic mass is 79.9. The normalized spacial score (nSPS) is 10.5. The van der Waals surface area contributed by atoms with Gasteiger partial charge in [0.25, 0.3) is 0 Å². The van der Waals surface area contributed by atoms with Crippen molar-refractivity contribution < 1.29 is 19.1 Å². The van der Waals surface area contributed by atoms with Crippen LogP contribution >= 0.6 is 27.7 Å². The van der Waals surface area contributed by atoms with Gasteiger partial charge >= 0.3 is 5.97 Å². The predicted octanol–water partition coefficient (Wildman–Crippen LogP) is 3.93. The van der Waals surface area contributed by atoms with Crippen LogP contribution in [0, 0.1) is 0 Å². The number of hydrogen-bond donors (Lipinski definition) is 2.